The molecule has 0 aliphatic heterocycles. The Kier molecular flexibility index (Phi) is 5.36. The first kappa shape index (κ1) is 15.0. The van der Waals surface area contributed by atoms with Crippen molar-refractivity contribution in [1.82, 2.24) is 5.32 Å². The molecule has 0 aromatic heterocycles. The fourth-order valence-corrected chi connectivity index (χ4v) is 1.70. The molecule has 1 aromatic carbocycles. The average molecular weight is 264 g/mol. The standard InChI is InChI=1S/C14H20N2O3/c1-9(2)8-12(14(18)19-3)16-13(17)10-4-6-11(15)7-5-10/h4-7,9,12H,8,15H2,1-3H3,(H,16,17)/t12-/m1/s1. The van der Waals surface area contributed by atoms with Crippen LogP contribution >= 0.6 is 0 Å². The molecule has 19 heavy (non-hydrogen) atoms. The van der Waals surface area contributed by atoms with Crippen LogP contribution in [0.2, 0.25) is 0 Å². The summed E-state index contributed by atoms with van der Waals surface area (Å²) >= 11 is 0. The van der Waals surface area contributed by atoms with Gasteiger partial charge < -0.3 is 15.8 Å². The zero-order valence-electron chi connectivity index (χ0n) is 11.5. The number of esters is 1. The smallest absolute Gasteiger partial charge is 0.328 e. The Bertz CT molecular complexity index is 441. The van der Waals surface area contributed by atoms with Crippen LogP contribution in [0.5, 0.6) is 0 Å². The Morgan fingerprint density at radius 3 is 2.32 bits per heavy atom. The van der Waals surface area contributed by atoms with Gasteiger partial charge in [0.05, 0.1) is 7.11 Å². The molecule has 3 N–H and O–H groups in total. The SMILES string of the molecule is COC(=O)[C@@H](CC(C)C)NC(=O)c1ccc(N)cc1. The van der Waals surface area contributed by atoms with Crippen molar-refractivity contribution in [1.29, 1.82) is 0 Å². The highest BCUT2D eigenvalue weighted by Crippen LogP contribution is 2.09. The van der Waals surface area contributed by atoms with Crippen LogP contribution < -0.4 is 11.1 Å². The Morgan fingerprint density at radius 2 is 1.84 bits per heavy atom. The molecule has 0 aliphatic rings. The molecule has 0 saturated carbocycles. The van der Waals surface area contributed by atoms with Crippen LogP contribution in [0.1, 0.15) is 30.6 Å². The lowest BCUT2D eigenvalue weighted by Crippen LogP contribution is -2.42. The van der Waals surface area contributed by atoms with Crippen molar-refractivity contribution in [2.75, 3.05) is 12.8 Å². The van der Waals surface area contributed by atoms with Crippen LogP contribution in [0.25, 0.3) is 0 Å². The van der Waals surface area contributed by atoms with Gasteiger partial charge >= 0.3 is 5.97 Å². The minimum absolute atomic E-state index is 0.274. The number of ether oxygens (including phenoxy) is 1. The highest BCUT2D eigenvalue weighted by molar-refractivity contribution is 5.97. The van der Waals surface area contributed by atoms with Crippen molar-refractivity contribution < 1.29 is 14.3 Å². The van der Waals surface area contributed by atoms with E-state index in [1.807, 2.05) is 13.8 Å². The maximum atomic E-state index is 12.0. The summed E-state index contributed by atoms with van der Waals surface area (Å²) in [4.78, 5) is 23.6. The molecule has 1 atom stereocenters. The average Bonchev–Trinajstić information content (AvgIpc) is 2.37. The third-order valence-corrected chi connectivity index (χ3v) is 2.67. The van der Waals surface area contributed by atoms with Gasteiger partial charge in [-0.15, -0.1) is 0 Å². The molecule has 5 heteroatoms. The molecule has 1 rings (SSSR count). The summed E-state index contributed by atoms with van der Waals surface area (Å²) < 4.78 is 4.70. The van der Waals surface area contributed by atoms with Gasteiger partial charge in [-0.05, 0) is 36.6 Å². The van der Waals surface area contributed by atoms with Gasteiger partial charge in [0.25, 0.3) is 5.91 Å². The molecule has 104 valence electrons. The highest BCUT2D eigenvalue weighted by Gasteiger charge is 2.22. The van der Waals surface area contributed by atoms with E-state index in [9.17, 15) is 9.59 Å². The van der Waals surface area contributed by atoms with E-state index in [1.165, 1.54) is 7.11 Å². The van der Waals surface area contributed by atoms with Crippen LogP contribution in [-0.2, 0) is 9.53 Å². The van der Waals surface area contributed by atoms with Crippen LogP contribution in [0.3, 0.4) is 0 Å². The fraction of sp³-hybridized carbons (Fsp3) is 0.429. The van der Waals surface area contributed by atoms with Crippen molar-refractivity contribution in [3.05, 3.63) is 29.8 Å². The number of rotatable bonds is 5. The second-order valence-corrected chi connectivity index (χ2v) is 4.80. The first-order valence-electron chi connectivity index (χ1n) is 6.18. The number of carbonyl (C=O) groups is 2. The van der Waals surface area contributed by atoms with E-state index in [0.29, 0.717) is 17.7 Å². The summed E-state index contributed by atoms with van der Waals surface area (Å²) in [7, 11) is 1.31. The van der Waals surface area contributed by atoms with Gasteiger partial charge in [0.1, 0.15) is 6.04 Å². The van der Waals surface area contributed by atoms with Crippen LogP contribution in [0.15, 0.2) is 24.3 Å². The van der Waals surface area contributed by atoms with Gasteiger partial charge in [-0.2, -0.15) is 0 Å². The quantitative estimate of drug-likeness (QED) is 0.625. The monoisotopic (exact) mass is 264 g/mol. The molecule has 5 nitrogen and oxygen atoms in total. The number of amides is 1. The first-order chi connectivity index (χ1) is 8.93. The normalized spacial score (nSPS) is 12.0. The largest absolute Gasteiger partial charge is 0.467 e. The zero-order chi connectivity index (χ0) is 14.4. The summed E-state index contributed by atoms with van der Waals surface area (Å²) in [6.07, 6.45) is 0.535. The number of methoxy groups -OCH3 is 1. The Morgan fingerprint density at radius 1 is 1.26 bits per heavy atom. The maximum Gasteiger partial charge on any atom is 0.328 e. The van der Waals surface area contributed by atoms with Crippen molar-refractivity contribution >= 4 is 17.6 Å². The summed E-state index contributed by atoms with van der Waals surface area (Å²) in [5, 5.41) is 2.68. The van der Waals surface area contributed by atoms with E-state index >= 15 is 0 Å². The zero-order valence-corrected chi connectivity index (χ0v) is 11.5. The molecule has 0 aliphatic carbocycles. The molecule has 0 fully saturated rings. The van der Waals surface area contributed by atoms with Crippen LogP contribution in [-0.4, -0.2) is 25.0 Å². The maximum absolute atomic E-state index is 12.0. The van der Waals surface area contributed by atoms with Crippen LogP contribution in [0.4, 0.5) is 5.69 Å². The third-order valence-electron chi connectivity index (χ3n) is 2.67. The van der Waals surface area contributed by atoms with Crippen molar-refractivity contribution in [2.45, 2.75) is 26.3 Å². The second kappa shape index (κ2) is 6.78. The van der Waals surface area contributed by atoms with Gasteiger partial charge in [-0.3, -0.25) is 4.79 Å². The minimum atomic E-state index is -0.630. The van der Waals surface area contributed by atoms with Gasteiger partial charge in [0.15, 0.2) is 0 Å². The number of nitrogens with two attached hydrogens (primary N) is 1. The Balaban J connectivity index is 2.75. The molecule has 1 aromatic rings. The molecule has 0 radical (unpaired) electrons. The topological polar surface area (TPSA) is 81.4 Å². The van der Waals surface area contributed by atoms with Crippen molar-refractivity contribution in [2.24, 2.45) is 5.92 Å². The molecule has 0 saturated heterocycles. The third kappa shape index (κ3) is 4.62. The predicted octanol–water partition coefficient (Wildman–Crippen LogP) is 1.59. The number of carbonyl (C=O) groups excluding carboxylic acids is 2. The fourth-order valence-electron chi connectivity index (χ4n) is 1.70. The Labute approximate surface area is 113 Å². The number of hydrogen-bond donors (Lipinski definition) is 2. The molecular formula is C14H20N2O3. The number of benzene rings is 1. The van der Waals surface area contributed by atoms with Gasteiger partial charge in [0.2, 0.25) is 0 Å². The van der Waals surface area contributed by atoms with Gasteiger partial charge in [-0.25, -0.2) is 4.79 Å². The lowest BCUT2D eigenvalue weighted by atomic mass is 10.0. The molecule has 1 amide bonds. The lowest BCUT2D eigenvalue weighted by molar-refractivity contribution is -0.143. The summed E-state index contributed by atoms with van der Waals surface area (Å²) in [5.74, 6) is -0.468. The molecule has 0 unspecified atom stereocenters. The van der Waals surface area contributed by atoms with E-state index in [1.54, 1.807) is 24.3 Å². The summed E-state index contributed by atoms with van der Waals surface area (Å²) in [5.41, 5.74) is 6.61. The second-order valence-electron chi connectivity index (χ2n) is 4.80. The minimum Gasteiger partial charge on any atom is -0.467 e. The van der Waals surface area contributed by atoms with E-state index in [-0.39, 0.29) is 11.8 Å². The first-order valence-corrected chi connectivity index (χ1v) is 6.18. The van der Waals surface area contributed by atoms with Gasteiger partial charge in [0, 0.05) is 11.3 Å². The number of hydrogen-bond acceptors (Lipinski definition) is 4. The summed E-state index contributed by atoms with van der Waals surface area (Å²) in [6.45, 7) is 3.95. The van der Waals surface area contributed by atoms with E-state index in [4.69, 9.17) is 10.5 Å². The number of anilines is 1. The number of nitrogens with one attached hydrogen (secondary N) is 1. The van der Waals surface area contributed by atoms with E-state index < -0.39 is 12.0 Å². The van der Waals surface area contributed by atoms with Crippen molar-refractivity contribution in [3.8, 4) is 0 Å². The van der Waals surface area contributed by atoms with Crippen molar-refractivity contribution in [3.63, 3.8) is 0 Å². The van der Waals surface area contributed by atoms with E-state index in [0.717, 1.165) is 0 Å². The number of nitrogen functional groups attached to an aromatic ring is 1. The highest BCUT2D eigenvalue weighted by atomic mass is 16.5. The molecule has 0 bridgehead atoms. The predicted molar refractivity (Wildman–Crippen MR) is 73.6 cm³/mol. The molecule has 0 spiro atoms. The van der Waals surface area contributed by atoms with Crippen LogP contribution in [0, 0.1) is 5.92 Å². The van der Waals surface area contributed by atoms with Gasteiger partial charge in [-0.1, -0.05) is 13.8 Å². The Hall–Kier alpha value is -2.04. The van der Waals surface area contributed by atoms with E-state index in [2.05, 4.69) is 5.32 Å². The molecule has 0 heterocycles. The lowest BCUT2D eigenvalue weighted by Gasteiger charge is -2.18. The molecular weight excluding hydrogens is 244 g/mol. The summed E-state index contributed by atoms with van der Waals surface area (Å²) in [6, 6.07) is 5.90.